The van der Waals surface area contributed by atoms with Crippen LogP contribution in [0, 0.1) is 25.2 Å². The normalized spacial score (nSPS) is 11.0. The summed E-state index contributed by atoms with van der Waals surface area (Å²) in [5, 5.41) is 11.9. The first-order chi connectivity index (χ1) is 17.7. The van der Waals surface area contributed by atoms with Crippen LogP contribution in [-0.2, 0) is 0 Å². The highest BCUT2D eigenvalue weighted by molar-refractivity contribution is 6.10. The largest absolute Gasteiger partial charge is 0.310 e. The number of para-hydroxylation sites is 3. The standard InChI is InChI=1S/C33H25N3/c1-23-19-25(22-34)20-24(2)33(23)36-31-16-10-9-15-29(31)30-21-28(17-18-32(30)36)35(26-11-5-3-6-12-26)27-13-7-4-8-14-27/h3-21H,1-2H3. The van der Waals surface area contributed by atoms with Gasteiger partial charge in [-0.3, -0.25) is 0 Å². The minimum absolute atomic E-state index is 0.693. The molecule has 6 aromatic rings. The Morgan fingerprint density at radius 3 is 1.75 bits per heavy atom. The smallest absolute Gasteiger partial charge is 0.0991 e. The first kappa shape index (κ1) is 21.7. The predicted octanol–water partition coefficient (Wildman–Crippen LogP) is 8.74. The molecule has 172 valence electrons. The lowest BCUT2D eigenvalue weighted by Crippen LogP contribution is -2.09. The molecule has 36 heavy (non-hydrogen) atoms. The van der Waals surface area contributed by atoms with Gasteiger partial charge in [-0.15, -0.1) is 0 Å². The highest BCUT2D eigenvalue weighted by Crippen LogP contribution is 2.40. The lowest BCUT2D eigenvalue weighted by Gasteiger charge is -2.25. The van der Waals surface area contributed by atoms with Crippen molar-refractivity contribution in [2.75, 3.05) is 4.90 Å². The molecule has 0 bridgehead atoms. The van der Waals surface area contributed by atoms with Gasteiger partial charge in [0.1, 0.15) is 0 Å². The number of anilines is 3. The zero-order valence-corrected chi connectivity index (χ0v) is 20.3. The summed E-state index contributed by atoms with van der Waals surface area (Å²) in [5.41, 5.74) is 9.66. The van der Waals surface area contributed by atoms with Crippen molar-refractivity contribution in [1.29, 1.82) is 5.26 Å². The quantitative estimate of drug-likeness (QED) is 0.262. The van der Waals surface area contributed by atoms with Gasteiger partial charge >= 0.3 is 0 Å². The van der Waals surface area contributed by atoms with Crippen LogP contribution in [0.5, 0.6) is 0 Å². The molecule has 0 amide bonds. The SMILES string of the molecule is Cc1cc(C#N)cc(C)c1-n1c2ccccc2c2cc(N(c3ccccc3)c3ccccc3)ccc21. The molecule has 5 aromatic carbocycles. The van der Waals surface area contributed by atoms with Gasteiger partial charge in [0.25, 0.3) is 0 Å². The van der Waals surface area contributed by atoms with Crippen LogP contribution in [-0.4, -0.2) is 4.57 Å². The maximum absolute atomic E-state index is 9.46. The van der Waals surface area contributed by atoms with Crippen LogP contribution in [0.25, 0.3) is 27.5 Å². The van der Waals surface area contributed by atoms with Gasteiger partial charge in [-0.25, -0.2) is 0 Å². The van der Waals surface area contributed by atoms with Gasteiger partial charge < -0.3 is 9.47 Å². The predicted molar refractivity (Wildman–Crippen MR) is 150 cm³/mol. The van der Waals surface area contributed by atoms with Crippen LogP contribution in [0.2, 0.25) is 0 Å². The van der Waals surface area contributed by atoms with Crippen molar-refractivity contribution in [3.05, 3.63) is 132 Å². The van der Waals surface area contributed by atoms with Crippen molar-refractivity contribution in [2.24, 2.45) is 0 Å². The van der Waals surface area contributed by atoms with E-state index in [1.54, 1.807) is 0 Å². The van der Waals surface area contributed by atoms with Gasteiger partial charge in [-0.05, 0) is 85.6 Å². The highest BCUT2D eigenvalue weighted by atomic mass is 15.1. The fourth-order valence-corrected chi connectivity index (χ4v) is 5.32. The number of hydrogen-bond donors (Lipinski definition) is 0. The average Bonchev–Trinajstić information content (AvgIpc) is 3.23. The summed E-state index contributed by atoms with van der Waals surface area (Å²) < 4.78 is 2.34. The molecule has 0 aliphatic rings. The molecule has 0 saturated carbocycles. The second-order valence-electron chi connectivity index (χ2n) is 9.13. The Labute approximate surface area is 211 Å². The highest BCUT2D eigenvalue weighted by Gasteiger charge is 2.18. The van der Waals surface area contributed by atoms with Gasteiger partial charge in [0.2, 0.25) is 0 Å². The van der Waals surface area contributed by atoms with Crippen molar-refractivity contribution < 1.29 is 0 Å². The van der Waals surface area contributed by atoms with Gasteiger partial charge in [0, 0.05) is 27.8 Å². The minimum atomic E-state index is 0.693. The fourth-order valence-electron chi connectivity index (χ4n) is 5.32. The third-order valence-electron chi connectivity index (χ3n) is 6.79. The fraction of sp³-hybridized carbons (Fsp3) is 0.0606. The molecule has 0 unspecified atom stereocenters. The molecular weight excluding hydrogens is 438 g/mol. The molecule has 0 aliphatic heterocycles. The van der Waals surface area contributed by atoms with E-state index in [0.29, 0.717) is 5.56 Å². The molecule has 0 fully saturated rings. The molecule has 1 aromatic heterocycles. The lowest BCUT2D eigenvalue weighted by molar-refractivity contribution is 1.12. The molecule has 0 atom stereocenters. The Morgan fingerprint density at radius 2 is 1.14 bits per heavy atom. The number of aryl methyl sites for hydroxylation is 2. The Kier molecular flexibility index (Phi) is 5.28. The van der Waals surface area contributed by atoms with Crippen molar-refractivity contribution in [1.82, 2.24) is 4.57 Å². The first-order valence-corrected chi connectivity index (χ1v) is 12.1. The lowest BCUT2D eigenvalue weighted by atomic mass is 10.0. The van der Waals surface area contributed by atoms with E-state index in [9.17, 15) is 5.26 Å². The molecule has 0 aliphatic carbocycles. The maximum atomic E-state index is 9.46. The number of fused-ring (bicyclic) bond motifs is 3. The molecule has 0 spiro atoms. The second-order valence-corrected chi connectivity index (χ2v) is 9.13. The summed E-state index contributed by atoms with van der Waals surface area (Å²) in [6.45, 7) is 4.18. The van der Waals surface area contributed by atoms with Crippen LogP contribution in [0.1, 0.15) is 16.7 Å². The molecule has 6 rings (SSSR count). The van der Waals surface area contributed by atoms with Crippen molar-refractivity contribution in [3.63, 3.8) is 0 Å². The van der Waals surface area contributed by atoms with Crippen LogP contribution in [0.3, 0.4) is 0 Å². The Hall–Kier alpha value is -4.81. The summed E-state index contributed by atoms with van der Waals surface area (Å²) in [4.78, 5) is 2.30. The molecule has 1 heterocycles. The maximum Gasteiger partial charge on any atom is 0.0991 e. The van der Waals surface area contributed by atoms with Gasteiger partial charge in [0.05, 0.1) is 28.4 Å². The first-order valence-electron chi connectivity index (χ1n) is 12.1. The number of benzene rings is 5. The van der Waals surface area contributed by atoms with E-state index in [-0.39, 0.29) is 0 Å². The van der Waals surface area contributed by atoms with Crippen molar-refractivity contribution in [3.8, 4) is 11.8 Å². The zero-order chi connectivity index (χ0) is 24.6. The van der Waals surface area contributed by atoms with Crippen LogP contribution in [0.15, 0.2) is 115 Å². The van der Waals surface area contributed by atoms with Crippen molar-refractivity contribution >= 4 is 38.9 Å². The number of nitriles is 1. The van der Waals surface area contributed by atoms with Gasteiger partial charge in [-0.1, -0.05) is 54.6 Å². The molecule has 3 heteroatoms. The van der Waals surface area contributed by atoms with E-state index in [2.05, 4.69) is 120 Å². The van der Waals surface area contributed by atoms with E-state index in [1.165, 1.54) is 10.8 Å². The van der Waals surface area contributed by atoms with E-state index in [1.807, 2.05) is 24.3 Å². The van der Waals surface area contributed by atoms with Crippen molar-refractivity contribution in [2.45, 2.75) is 13.8 Å². The van der Waals surface area contributed by atoms with Crippen LogP contribution < -0.4 is 4.90 Å². The monoisotopic (exact) mass is 463 g/mol. The summed E-state index contributed by atoms with van der Waals surface area (Å²) in [6, 6.07) is 42.5. The summed E-state index contributed by atoms with van der Waals surface area (Å²) in [6.07, 6.45) is 0. The van der Waals surface area contributed by atoms with Gasteiger partial charge in [-0.2, -0.15) is 5.26 Å². The van der Waals surface area contributed by atoms with Crippen LogP contribution >= 0.6 is 0 Å². The number of aromatic nitrogens is 1. The summed E-state index contributed by atoms with van der Waals surface area (Å²) >= 11 is 0. The Balaban J connectivity index is 1.63. The number of rotatable bonds is 4. The van der Waals surface area contributed by atoms with E-state index in [4.69, 9.17) is 0 Å². The Morgan fingerprint density at radius 1 is 0.583 bits per heavy atom. The topological polar surface area (TPSA) is 32.0 Å². The molecule has 0 N–H and O–H groups in total. The summed E-state index contributed by atoms with van der Waals surface area (Å²) in [7, 11) is 0. The molecular formula is C33H25N3. The molecule has 0 radical (unpaired) electrons. The van der Waals surface area contributed by atoms with E-state index < -0.39 is 0 Å². The van der Waals surface area contributed by atoms with E-state index >= 15 is 0 Å². The average molecular weight is 464 g/mol. The molecule has 3 nitrogen and oxygen atoms in total. The minimum Gasteiger partial charge on any atom is -0.310 e. The van der Waals surface area contributed by atoms with Gasteiger partial charge in [0.15, 0.2) is 0 Å². The summed E-state index contributed by atoms with van der Waals surface area (Å²) in [5.74, 6) is 0. The second kappa shape index (κ2) is 8.76. The number of nitrogens with zero attached hydrogens (tertiary/aromatic N) is 3. The number of hydrogen-bond acceptors (Lipinski definition) is 2. The van der Waals surface area contributed by atoms with E-state index in [0.717, 1.165) is 44.9 Å². The molecule has 0 saturated heterocycles. The third-order valence-corrected chi connectivity index (χ3v) is 6.79. The Bertz CT molecular complexity index is 1690. The van der Waals surface area contributed by atoms with Crippen LogP contribution in [0.4, 0.5) is 17.1 Å². The zero-order valence-electron chi connectivity index (χ0n) is 20.3. The third kappa shape index (κ3) is 3.52.